The maximum Gasteiger partial charge on any atom is 0.409 e. The molecule has 1 atom stereocenters. The van der Waals surface area contributed by atoms with Crippen LogP contribution in [-0.4, -0.2) is 31.9 Å². The van der Waals surface area contributed by atoms with Gasteiger partial charge in [0.25, 0.3) is 0 Å². The SMILES string of the molecule is CS(=O)(=O)c1ccc(N2NC(C(F)(F)F)C=C2OCc2ccccc2)nc1. The van der Waals surface area contributed by atoms with Gasteiger partial charge in [0.2, 0.25) is 5.88 Å². The molecule has 1 aromatic carbocycles. The molecule has 2 aromatic rings. The molecule has 1 N–H and O–H groups in total. The first-order valence-corrected chi connectivity index (χ1v) is 9.71. The summed E-state index contributed by atoms with van der Waals surface area (Å²) in [4.78, 5) is 3.91. The predicted octanol–water partition coefficient (Wildman–Crippen LogP) is 2.80. The first-order valence-electron chi connectivity index (χ1n) is 7.82. The highest BCUT2D eigenvalue weighted by molar-refractivity contribution is 7.90. The fourth-order valence-electron chi connectivity index (χ4n) is 2.37. The van der Waals surface area contributed by atoms with Crippen LogP contribution in [0.4, 0.5) is 19.0 Å². The van der Waals surface area contributed by atoms with Crippen LogP contribution in [0.1, 0.15) is 5.56 Å². The molecule has 0 saturated carbocycles. The molecule has 6 nitrogen and oxygen atoms in total. The van der Waals surface area contributed by atoms with Crippen molar-refractivity contribution in [2.24, 2.45) is 0 Å². The molecule has 144 valence electrons. The maximum absolute atomic E-state index is 13.1. The fraction of sp³-hybridized carbons (Fsp3) is 0.235. The Kier molecular flexibility index (Phi) is 5.11. The molecule has 1 unspecified atom stereocenters. The normalized spacial score (nSPS) is 17.7. The van der Waals surface area contributed by atoms with Crippen molar-refractivity contribution in [3.63, 3.8) is 0 Å². The van der Waals surface area contributed by atoms with Gasteiger partial charge in [-0.25, -0.2) is 23.8 Å². The van der Waals surface area contributed by atoms with E-state index < -0.39 is 22.1 Å². The quantitative estimate of drug-likeness (QED) is 0.834. The lowest BCUT2D eigenvalue weighted by molar-refractivity contribution is -0.142. The Morgan fingerprint density at radius 2 is 1.89 bits per heavy atom. The molecular formula is C17H16F3N3O3S. The van der Waals surface area contributed by atoms with E-state index in [4.69, 9.17) is 4.74 Å². The Balaban J connectivity index is 1.84. The van der Waals surface area contributed by atoms with Gasteiger partial charge in [0, 0.05) is 18.5 Å². The number of hydrazine groups is 1. The van der Waals surface area contributed by atoms with Gasteiger partial charge < -0.3 is 4.74 Å². The van der Waals surface area contributed by atoms with E-state index in [0.29, 0.717) is 0 Å². The minimum atomic E-state index is -4.52. The first-order chi connectivity index (χ1) is 12.6. The molecule has 27 heavy (non-hydrogen) atoms. The average molecular weight is 399 g/mol. The Hall–Kier alpha value is -2.59. The standard InChI is InChI=1S/C17H16F3N3O3S/c1-27(24,25)13-7-8-15(21-10-13)23-16(9-14(22-23)17(18,19)20)26-11-12-5-3-2-4-6-12/h2-10,14,22H,11H2,1H3. The lowest BCUT2D eigenvalue weighted by Gasteiger charge is -2.23. The summed E-state index contributed by atoms with van der Waals surface area (Å²) in [7, 11) is -3.46. The number of ether oxygens (including phenoxy) is 1. The van der Waals surface area contributed by atoms with Gasteiger partial charge in [-0.1, -0.05) is 30.3 Å². The zero-order valence-electron chi connectivity index (χ0n) is 14.1. The van der Waals surface area contributed by atoms with Crippen molar-refractivity contribution < 1.29 is 26.3 Å². The smallest absolute Gasteiger partial charge is 0.409 e. The van der Waals surface area contributed by atoms with Crippen LogP contribution in [0.25, 0.3) is 0 Å². The van der Waals surface area contributed by atoms with Gasteiger partial charge in [-0.15, -0.1) is 0 Å². The number of pyridine rings is 1. The van der Waals surface area contributed by atoms with Crippen LogP contribution in [-0.2, 0) is 21.2 Å². The van der Waals surface area contributed by atoms with Gasteiger partial charge in [0.1, 0.15) is 18.5 Å². The average Bonchev–Trinajstić information content (AvgIpc) is 3.05. The Morgan fingerprint density at radius 1 is 1.19 bits per heavy atom. The number of hydrogen-bond acceptors (Lipinski definition) is 6. The maximum atomic E-state index is 13.1. The lowest BCUT2D eigenvalue weighted by Crippen LogP contribution is -2.45. The number of nitrogens with zero attached hydrogens (tertiary/aromatic N) is 2. The van der Waals surface area contributed by atoms with Crippen molar-refractivity contribution in [1.29, 1.82) is 0 Å². The number of nitrogens with one attached hydrogen (secondary N) is 1. The zero-order chi connectivity index (χ0) is 19.7. The van der Waals surface area contributed by atoms with Gasteiger partial charge >= 0.3 is 6.18 Å². The largest absolute Gasteiger partial charge is 0.473 e. The van der Waals surface area contributed by atoms with Crippen LogP contribution in [0, 0.1) is 0 Å². The van der Waals surface area contributed by atoms with Crippen molar-refractivity contribution in [3.05, 3.63) is 66.2 Å². The zero-order valence-corrected chi connectivity index (χ0v) is 15.0. The molecular weight excluding hydrogens is 383 g/mol. The van der Waals surface area contributed by atoms with Crippen LogP contribution in [0.3, 0.4) is 0 Å². The predicted molar refractivity (Wildman–Crippen MR) is 92.1 cm³/mol. The Labute approximate surface area is 154 Å². The highest BCUT2D eigenvalue weighted by atomic mass is 32.2. The summed E-state index contributed by atoms with van der Waals surface area (Å²) in [6.07, 6.45) is -1.51. The van der Waals surface area contributed by atoms with Crippen LogP contribution in [0.5, 0.6) is 0 Å². The van der Waals surface area contributed by atoms with Crippen molar-refractivity contribution in [1.82, 2.24) is 10.4 Å². The van der Waals surface area contributed by atoms with E-state index in [2.05, 4.69) is 10.4 Å². The number of sulfone groups is 1. The highest BCUT2D eigenvalue weighted by Crippen LogP contribution is 2.30. The van der Waals surface area contributed by atoms with E-state index in [1.807, 2.05) is 6.07 Å². The summed E-state index contributed by atoms with van der Waals surface area (Å²) in [5, 5.41) is 1.05. The van der Waals surface area contributed by atoms with Gasteiger partial charge in [0.05, 0.1) is 4.90 Å². The molecule has 0 amide bonds. The number of aromatic nitrogens is 1. The van der Waals surface area contributed by atoms with Crippen LogP contribution in [0.2, 0.25) is 0 Å². The van der Waals surface area contributed by atoms with Crippen LogP contribution < -0.4 is 10.4 Å². The summed E-state index contributed by atoms with van der Waals surface area (Å²) in [5.74, 6) is 0.00856. The third-order valence-corrected chi connectivity index (χ3v) is 4.86. The van der Waals surface area contributed by atoms with Gasteiger partial charge in [-0.05, 0) is 17.7 Å². The van der Waals surface area contributed by atoms with Gasteiger partial charge in [-0.3, -0.25) is 0 Å². The third-order valence-electron chi connectivity index (χ3n) is 3.76. The second kappa shape index (κ2) is 7.20. The molecule has 1 aromatic heterocycles. The number of hydrogen-bond donors (Lipinski definition) is 1. The molecule has 10 heteroatoms. The van der Waals surface area contributed by atoms with Crippen molar-refractivity contribution in [2.75, 3.05) is 11.3 Å². The number of halogens is 3. The van der Waals surface area contributed by atoms with E-state index >= 15 is 0 Å². The van der Waals surface area contributed by atoms with E-state index in [1.165, 1.54) is 12.1 Å². The lowest BCUT2D eigenvalue weighted by atomic mass is 10.2. The Bertz CT molecular complexity index is 929. The summed E-state index contributed by atoms with van der Waals surface area (Å²) in [6.45, 7) is 0.0663. The van der Waals surface area contributed by atoms with E-state index in [9.17, 15) is 21.6 Å². The molecule has 0 radical (unpaired) electrons. The van der Waals surface area contributed by atoms with E-state index in [1.54, 1.807) is 24.3 Å². The van der Waals surface area contributed by atoms with Crippen molar-refractivity contribution in [2.45, 2.75) is 23.7 Å². The molecule has 1 aliphatic heterocycles. The topological polar surface area (TPSA) is 71.5 Å². The summed E-state index contributed by atoms with van der Waals surface area (Å²) in [5.41, 5.74) is 3.06. The third kappa shape index (κ3) is 4.58. The number of benzene rings is 1. The molecule has 3 rings (SSSR count). The minimum Gasteiger partial charge on any atom is -0.473 e. The second-order valence-corrected chi connectivity index (χ2v) is 7.90. The first kappa shape index (κ1) is 19.2. The summed E-state index contributed by atoms with van der Waals surface area (Å²) in [6, 6.07) is 9.61. The van der Waals surface area contributed by atoms with Crippen LogP contribution in [0.15, 0.2) is 65.5 Å². The molecule has 2 heterocycles. The van der Waals surface area contributed by atoms with E-state index in [0.717, 1.165) is 29.1 Å². The monoisotopic (exact) mass is 399 g/mol. The summed E-state index contributed by atoms with van der Waals surface area (Å²) < 4.78 is 67.9. The molecule has 0 spiro atoms. The Morgan fingerprint density at radius 3 is 2.44 bits per heavy atom. The molecule has 0 saturated heterocycles. The minimum absolute atomic E-state index is 0.0337. The number of anilines is 1. The molecule has 0 fully saturated rings. The second-order valence-electron chi connectivity index (χ2n) is 5.89. The van der Waals surface area contributed by atoms with Gasteiger partial charge in [-0.2, -0.15) is 13.2 Å². The van der Waals surface area contributed by atoms with Gasteiger partial charge in [0.15, 0.2) is 9.84 Å². The van der Waals surface area contributed by atoms with Crippen LogP contribution >= 0.6 is 0 Å². The molecule has 0 aliphatic carbocycles. The van der Waals surface area contributed by atoms with E-state index in [-0.39, 0.29) is 23.2 Å². The van der Waals surface area contributed by atoms with Crippen molar-refractivity contribution >= 4 is 15.7 Å². The summed E-state index contributed by atoms with van der Waals surface area (Å²) >= 11 is 0. The fourth-order valence-corrected chi connectivity index (χ4v) is 2.93. The number of alkyl halides is 3. The van der Waals surface area contributed by atoms with Crippen molar-refractivity contribution in [3.8, 4) is 0 Å². The molecule has 0 bridgehead atoms. The molecule has 1 aliphatic rings. The number of rotatable bonds is 5. The highest BCUT2D eigenvalue weighted by Gasteiger charge is 2.44.